The molecule has 1 N–H and O–H groups in total. The van der Waals surface area contributed by atoms with Crippen molar-refractivity contribution in [3.63, 3.8) is 0 Å². The number of esters is 1. The maximum absolute atomic E-state index is 12.6. The average Bonchev–Trinajstić information content (AvgIpc) is 2.69. The van der Waals surface area contributed by atoms with Crippen LogP contribution in [0.2, 0.25) is 0 Å². The lowest BCUT2D eigenvalue weighted by molar-refractivity contribution is -0.143. The fourth-order valence-corrected chi connectivity index (χ4v) is 3.48. The van der Waals surface area contributed by atoms with E-state index in [1.54, 1.807) is 20.8 Å². The lowest BCUT2D eigenvalue weighted by Crippen LogP contribution is -2.37. The first-order chi connectivity index (χ1) is 9.34. The summed E-state index contributed by atoms with van der Waals surface area (Å²) in [6.07, 6.45) is 1.42. The smallest absolute Gasteiger partial charge is 0.321 e. The van der Waals surface area contributed by atoms with E-state index < -0.39 is 16.0 Å². The Morgan fingerprint density at radius 1 is 1.50 bits per heavy atom. The minimum atomic E-state index is -3.83. The first-order valence-corrected chi connectivity index (χ1v) is 7.56. The molecule has 7 nitrogen and oxygen atoms in total. The van der Waals surface area contributed by atoms with E-state index in [0.29, 0.717) is 11.4 Å². The van der Waals surface area contributed by atoms with Gasteiger partial charge in [-0.3, -0.25) is 9.89 Å². The van der Waals surface area contributed by atoms with Gasteiger partial charge in [0, 0.05) is 6.54 Å². The van der Waals surface area contributed by atoms with Gasteiger partial charge in [0.1, 0.15) is 11.4 Å². The Morgan fingerprint density at radius 3 is 2.60 bits per heavy atom. The van der Waals surface area contributed by atoms with Crippen molar-refractivity contribution in [1.82, 2.24) is 14.5 Å². The minimum Gasteiger partial charge on any atom is -0.465 e. The van der Waals surface area contributed by atoms with Gasteiger partial charge in [0.25, 0.3) is 0 Å². The lowest BCUT2D eigenvalue weighted by Gasteiger charge is -2.19. The van der Waals surface area contributed by atoms with Crippen molar-refractivity contribution in [2.45, 2.75) is 25.7 Å². The highest BCUT2D eigenvalue weighted by Gasteiger charge is 2.30. The maximum atomic E-state index is 12.6. The van der Waals surface area contributed by atoms with E-state index in [-0.39, 0.29) is 24.6 Å². The van der Waals surface area contributed by atoms with Crippen LogP contribution in [-0.2, 0) is 19.6 Å². The summed E-state index contributed by atoms with van der Waals surface area (Å²) in [5.74, 6) is -0.600. The zero-order valence-electron chi connectivity index (χ0n) is 11.8. The minimum absolute atomic E-state index is 0.0191. The third-order valence-electron chi connectivity index (χ3n) is 2.60. The molecule has 1 aromatic heterocycles. The molecule has 0 aliphatic carbocycles. The Kier molecular flexibility index (Phi) is 5.46. The van der Waals surface area contributed by atoms with E-state index in [0.717, 1.165) is 4.31 Å². The molecule has 0 fully saturated rings. The highest BCUT2D eigenvalue weighted by atomic mass is 32.2. The zero-order valence-corrected chi connectivity index (χ0v) is 12.7. The van der Waals surface area contributed by atoms with Crippen molar-refractivity contribution >= 4 is 16.0 Å². The van der Waals surface area contributed by atoms with Gasteiger partial charge in [-0.15, -0.1) is 6.58 Å². The normalized spacial score (nSPS) is 11.6. The topological polar surface area (TPSA) is 92.4 Å². The SMILES string of the molecule is C=CCN(CC(=O)OCC)S(=O)(=O)c1c(C)n[nH]c1C. The number of carbonyl (C=O) groups is 1. The molecule has 0 aromatic carbocycles. The molecule has 0 bridgehead atoms. The molecule has 8 heteroatoms. The van der Waals surface area contributed by atoms with Gasteiger partial charge in [-0.25, -0.2) is 8.42 Å². The third kappa shape index (κ3) is 3.45. The predicted molar refractivity (Wildman–Crippen MR) is 73.7 cm³/mol. The van der Waals surface area contributed by atoms with Crippen LogP contribution in [0.15, 0.2) is 17.6 Å². The number of aryl methyl sites for hydroxylation is 2. The largest absolute Gasteiger partial charge is 0.465 e. The molecule has 0 saturated carbocycles. The zero-order chi connectivity index (χ0) is 15.3. The van der Waals surface area contributed by atoms with Gasteiger partial charge in [-0.2, -0.15) is 9.40 Å². The molecule has 20 heavy (non-hydrogen) atoms. The Balaban J connectivity index is 3.13. The number of nitrogens with one attached hydrogen (secondary N) is 1. The standard InChI is InChI=1S/C12H19N3O4S/c1-5-7-15(8-11(16)19-6-2)20(17,18)12-9(3)13-14-10(12)4/h5H,1,6-8H2,2-4H3,(H,13,14). The van der Waals surface area contributed by atoms with E-state index in [9.17, 15) is 13.2 Å². The molecular weight excluding hydrogens is 282 g/mol. The molecule has 0 aliphatic rings. The van der Waals surface area contributed by atoms with Crippen LogP contribution in [0.5, 0.6) is 0 Å². The molecule has 0 aliphatic heterocycles. The predicted octanol–water partition coefficient (Wildman–Crippen LogP) is 0.766. The first kappa shape index (κ1) is 16.4. The van der Waals surface area contributed by atoms with Crippen LogP contribution in [0.3, 0.4) is 0 Å². The van der Waals surface area contributed by atoms with Gasteiger partial charge in [0.05, 0.1) is 18.0 Å². The quantitative estimate of drug-likeness (QED) is 0.593. The number of hydrogen-bond donors (Lipinski definition) is 1. The van der Waals surface area contributed by atoms with Crippen LogP contribution in [0, 0.1) is 13.8 Å². The molecule has 0 radical (unpaired) electrons. The van der Waals surface area contributed by atoms with Gasteiger partial charge >= 0.3 is 5.97 Å². The molecule has 0 unspecified atom stereocenters. The number of aromatic amines is 1. The van der Waals surface area contributed by atoms with Crippen molar-refractivity contribution in [2.75, 3.05) is 19.7 Å². The molecule has 112 valence electrons. The van der Waals surface area contributed by atoms with Crippen LogP contribution in [0.25, 0.3) is 0 Å². The van der Waals surface area contributed by atoms with Crippen LogP contribution in [0.4, 0.5) is 0 Å². The summed E-state index contributed by atoms with van der Waals surface area (Å²) in [5.41, 5.74) is 0.792. The Bertz CT molecular complexity index is 572. The summed E-state index contributed by atoms with van der Waals surface area (Å²) in [6, 6.07) is 0. The molecule has 1 rings (SSSR count). The number of rotatable bonds is 7. The number of ether oxygens (including phenoxy) is 1. The van der Waals surface area contributed by atoms with Crippen LogP contribution in [0.1, 0.15) is 18.3 Å². The molecule has 0 spiro atoms. The van der Waals surface area contributed by atoms with Gasteiger partial charge in [-0.1, -0.05) is 6.08 Å². The van der Waals surface area contributed by atoms with Crippen LogP contribution in [-0.4, -0.2) is 48.6 Å². The molecule has 0 saturated heterocycles. The summed E-state index contributed by atoms with van der Waals surface area (Å²) in [4.78, 5) is 11.6. The second kappa shape index (κ2) is 6.67. The second-order valence-electron chi connectivity index (χ2n) is 4.15. The molecule has 1 heterocycles. The van der Waals surface area contributed by atoms with Gasteiger partial charge in [0.15, 0.2) is 0 Å². The second-order valence-corrected chi connectivity index (χ2v) is 6.03. The van der Waals surface area contributed by atoms with E-state index in [1.807, 2.05) is 0 Å². The van der Waals surface area contributed by atoms with E-state index in [2.05, 4.69) is 16.8 Å². The number of nitrogens with zero attached hydrogens (tertiary/aromatic N) is 2. The lowest BCUT2D eigenvalue weighted by atomic mass is 10.4. The summed E-state index contributed by atoms with van der Waals surface area (Å²) >= 11 is 0. The number of sulfonamides is 1. The number of hydrogen-bond acceptors (Lipinski definition) is 5. The summed E-state index contributed by atoms with van der Waals surface area (Å²) in [5, 5.41) is 6.49. The maximum Gasteiger partial charge on any atom is 0.321 e. The highest BCUT2D eigenvalue weighted by Crippen LogP contribution is 2.21. The Labute approximate surface area is 118 Å². The van der Waals surface area contributed by atoms with Gasteiger partial charge in [-0.05, 0) is 20.8 Å². The summed E-state index contributed by atoms with van der Waals surface area (Å²) in [7, 11) is -3.83. The molecule has 1 aromatic rings. The van der Waals surface area contributed by atoms with Crippen molar-refractivity contribution in [3.05, 3.63) is 24.0 Å². The number of aromatic nitrogens is 2. The number of carbonyl (C=O) groups excluding carboxylic acids is 1. The van der Waals surface area contributed by atoms with Crippen molar-refractivity contribution in [2.24, 2.45) is 0 Å². The number of H-pyrrole nitrogens is 1. The van der Waals surface area contributed by atoms with Gasteiger partial charge in [0.2, 0.25) is 10.0 Å². The van der Waals surface area contributed by atoms with Gasteiger partial charge < -0.3 is 4.74 Å². The third-order valence-corrected chi connectivity index (χ3v) is 4.68. The monoisotopic (exact) mass is 301 g/mol. The average molecular weight is 301 g/mol. The molecule has 0 atom stereocenters. The van der Waals surface area contributed by atoms with Crippen LogP contribution < -0.4 is 0 Å². The Morgan fingerprint density at radius 2 is 2.15 bits per heavy atom. The summed E-state index contributed by atoms with van der Waals surface area (Å²) in [6.45, 7) is 8.24. The highest BCUT2D eigenvalue weighted by molar-refractivity contribution is 7.89. The van der Waals surface area contributed by atoms with E-state index in [4.69, 9.17) is 4.74 Å². The fraction of sp³-hybridized carbons (Fsp3) is 0.500. The van der Waals surface area contributed by atoms with Crippen molar-refractivity contribution in [3.8, 4) is 0 Å². The van der Waals surface area contributed by atoms with Crippen molar-refractivity contribution in [1.29, 1.82) is 0 Å². The van der Waals surface area contributed by atoms with E-state index >= 15 is 0 Å². The molecule has 0 amide bonds. The van der Waals surface area contributed by atoms with Crippen molar-refractivity contribution < 1.29 is 17.9 Å². The van der Waals surface area contributed by atoms with Crippen LogP contribution >= 0.6 is 0 Å². The fourth-order valence-electron chi connectivity index (χ4n) is 1.79. The first-order valence-electron chi connectivity index (χ1n) is 6.12. The van der Waals surface area contributed by atoms with E-state index in [1.165, 1.54) is 6.08 Å². The summed E-state index contributed by atoms with van der Waals surface area (Å²) < 4.78 is 31.0. The Hall–Kier alpha value is -1.67. The molecular formula is C12H19N3O4S.